The van der Waals surface area contributed by atoms with Gasteiger partial charge in [0.25, 0.3) is 0 Å². The van der Waals surface area contributed by atoms with E-state index in [1.54, 1.807) is 0 Å². The minimum Gasteiger partial charge on any atom is -0.352 e. The Morgan fingerprint density at radius 2 is 1.80 bits per heavy atom. The lowest BCUT2D eigenvalue weighted by molar-refractivity contribution is 0.132. The van der Waals surface area contributed by atoms with E-state index >= 15 is 0 Å². The summed E-state index contributed by atoms with van der Waals surface area (Å²) in [5, 5.41) is 9.32. The molecule has 0 aromatic heterocycles. The van der Waals surface area contributed by atoms with Crippen LogP contribution in [0, 0.1) is 16.7 Å². The van der Waals surface area contributed by atoms with Gasteiger partial charge in [0, 0.05) is 17.6 Å². The molecule has 15 heavy (non-hydrogen) atoms. The van der Waals surface area contributed by atoms with E-state index in [-0.39, 0.29) is 11.0 Å². The molecule has 78 valence electrons. The number of benzene rings is 1. The van der Waals surface area contributed by atoms with Crippen LogP contribution in [0.5, 0.6) is 0 Å². The van der Waals surface area contributed by atoms with E-state index in [9.17, 15) is 5.26 Å². The number of para-hydroxylation sites is 1. The molecule has 0 radical (unpaired) electrons. The van der Waals surface area contributed by atoms with Gasteiger partial charge in [0.2, 0.25) is 0 Å². The van der Waals surface area contributed by atoms with Crippen LogP contribution in [0.4, 0.5) is 5.69 Å². The summed E-state index contributed by atoms with van der Waals surface area (Å²) in [7, 11) is 0. The summed E-state index contributed by atoms with van der Waals surface area (Å²) >= 11 is 0. The molecule has 0 bridgehead atoms. The Kier molecular flexibility index (Phi) is 2.01. The smallest absolute Gasteiger partial charge is 0.131 e. The molecule has 1 aliphatic heterocycles. The van der Waals surface area contributed by atoms with E-state index in [1.807, 2.05) is 25.1 Å². The highest BCUT2D eigenvalue weighted by Gasteiger charge is 2.56. The van der Waals surface area contributed by atoms with Crippen LogP contribution in [0.15, 0.2) is 30.3 Å². The summed E-state index contributed by atoms with van der Waals surface area (Å²) in [6.07, 6.45) is 0. The number of hydrogen-bond donors (Lipinski definition) is 0. The average Bonchev–Trinajstić information content (AvgIpc) is 2.26. The lowest BCUT2D eigenvalue weighted by Gasteiger charge is -2.59. The van der Waals surface area contributed by atoms with Gasteiger partial charge < -0.3 is 4.90 Å². The molecule has 0 spiro atoms. The summed E-state index contributed by atoms with van der Waals surface area (Å²) in [5.41, 5.74) is 0.826. The molecule has 2 rings (SSSR count). The first-order chi connectivity index (χ1) is 7.01. The van der Waals surface area contributed by atoms with Crippen LogP contribution in [-0.2, 0) is 0 Å². The number of anilines is 1. The maximum absolute atomic E-state index is 9.32. The van der Waals surface area contributed by atoms with Crippen molar-refractivity contribution in [1.82, 2.24) is 0 Å². The lowest BCUT2D eigenvalue weighted by atomic mass is 9.64. The van der Waals surface area contributed by atoms with Gasteiger partial charge in [-0.1, -0.05) is 32.0 Å². The fourth-order valence-corrected chi connectivity index (χ4v) is 2.15. The van der Waals surface area contributed by atoms with Crippen LogP contribution < -0.4 is 4.90 Å². The molecule has 1 aromatic carbocycles. The Bertz CT molecular complexity index is 402. The quantitative estimate of drug-likeness (QED) is 0.697. The van der Waals surface area contributed by atoms with Crippen LogP contribution in [-0.4, -0.2) is 12.1 Å². The van der Waals surface area contributed by atoms with E-state index < -0.39 is 0 Å². The second-order valence-electron chi connectivity index (χ2n) is 4.99. The Labute approximate surface area is 91.1 Å². The molecule has 0 saturated carbocycles. The third kappa shape index (κ3) is 1.23. The molecule has 1 saturated heterocycles. The van der Waals surface area contributed by atoms with Crippen molar-refractivity contribution >= 4 is 5.69 Å². The number of rotatable bonds is 1. The molecule has 0 aliphatic carbocycles. The number of hydrogen-bond acceptors (Lipinski definition) is 2. The van der Waals surface area contributed by atoms with E-state index in [4.69, 9.17) is 0 Å². The summed E-state index contributed by atoms with van der Waals surface area (Å²) in [6, 6.07) is 12.6. The van der Waals surface area contributed by atoms with Gasteiger partial charge in [0.15, 0.2) is 0 Å². The predicted octanol–water partition coefficient (Wildman–Crippen LogP) is 2.82. The maximum atomic E-state index is 9.32. The van der Waals surface area contributed by atoms with Gasteiger partial charge in [0.1, 0.15) is 5.54 Å². The lowest BCUT2D eigenvalue weighted by Crippen LogP contribution is -2.70. The van der Waals surface area contributed by atoms with Gasteiger partial charge >= 0.3 is 0 Å². The minimum absolute atomic E-state index is 0.0671. The predicted molar refractivity (Wildman–Crippen MR) is 61.6 cm³/mol. The normalized spacial score (nSPS) is 28.0. The van der Waals surface area contributed by atoms with Gasteiger partial charge in [-0.15, -0.1) is 0 Å². The summed E-state index contributed by atoms with van der Waals surface area (Å²) in [4.78, 5) is 2.17. The van der Waals surface area contributed by atoms with Gasteiger partial charge in [-0.3, -0.25) is 0 Å². The van der Waals surface area contributed by atoms with Crippen molar-refractivity contribution in [3.8, 4) is 6.07 Å². The number of nitrogens with zero attached hydrogens (tertiary/aromatic N) is 2. The highest BCUT2D eigenvalue weighted by molar-refractivity contribution is 5.56. The highest BCUT2D eigenvalue weighted by Crippen LogP contribution is 2.48. The third-order valence-corrected chi connectivity index (χ3v) is 3.70. The summed E-state index contributed by atoms with van der Waals surface area (Å²) < 4.78 is 0. The molecule has 1 aromatic rings. The Morgan fingerprint density at radius 1 is 1.20 bits per heavy atom. The summed E-state index contributed by atoms with van der Waals surface area (Å²) in [5.74, 6) is 0. The monoisotopic (exact) mass is 200 g/mol. The highest BCUT2D eigenvalue weighted by atomic mass is 15.3. The average molecular weight is 200 g/mol. The molecule has 1 fully saturated rings. The van der Waals surface area contributed by atoms with Gasteiger partial charge in [-0.05, 0) is 19.1 Å². The third-order valence-electron chi connectivity index (χ3n) is 3.70. The van der Waals surface area contributed by atoms with Crippen molar-refractivity contribution in [1.29, 1.82) is 5.26 Å². The van der Waals surface area contributed by atoms with Crippen LogP contribution in [0.25, 0.3) is 0 Å². The van der Waals surface area contributed by atoms with E-state index in [0.29, 0.717) is 0 Å². The SMILES string of the molecule is CC1(C)CN(c2ccccc2)C1(C)C#N. The zero-order valence-electron chi connectivity index (χ0n) is 9.49. The van der Waals surface area contributed by atoms with Gasteiger partial charge in [0.05, 0.1) is 6.07 Å². The first-order valence-electron chi connectivity index (χ1n) is 5.25. The van der Waals surface area contributed by atoms with Crippen molar-refractivity contribution in [2.24, 2.45) is 5.41 Å². The molecule has 2 heteroatoms. The fourth-order valence-electron chi connectivity index (χ4n) is 2.15. The second kappa shape index (κ2) is 3.00. The molecule has 1 heterocycles. The van der Waals surface area contributed by atoms with Crippen molar-refractivity contribution in [2.45, 2.75) is 26.3 Å². The van der Waals surface area contributed by atoms with Crippen LogP contribution in [0.1, 0.15) is 20.8 Å². The molecule has 2 nitrogen and oxygen atoms in total. The van der Waals surface area contributed by atoms with Gasteiger partial charge in [-0.2, -0.15) is 5.26 Å². The van der Waals surface area contributed by atoms with Crippen molar-refractivity contribution in [3.05, 3.63) is 30.3 Å². The van der Waals surface area contributed by atoms with Crippen molar-refractivity contribution in [3.63, 3.8) is 0 Å². The molecule has 1 unspecified atom stereocenters. The fraction of sp³-hybridized carbons (Fsp3) is 0.462. The molecular weight excluding hydrogens is 184 g/mol. The topological polar surface area (TPSA) is 27.0 Å². The zero-order chi connectivity index (χ0) is 11.1. The van der Waals surface area contributed by atoms with Crippen LogP contribution in [0.2, 0.25) is 0 Å². The molecule has 1 aliphatic rings. The summed E-state index contributed by atoms with van der Waals surface area (Å²) in [6.45, 7) is 7.26. The maximum Gasteiger partial charge on any atom is 0.131 e. The van der Waals surface area contributed by atoms with Crippen LogP contribution in [0.3, 0.4) is 0 Å². The van der Waals surface area contributed by atoms with Crippen LogP contribution >= 0.6 is 0 Å². The van der Waals surface area contributed by atoms with E-state index in [0.717, 1.165) is 12.2 Å². The second-order valence-corrected chi connectivity index (χ2v) is 4.99. The van der Waals surface area contributed by atoms with Crippen molar-refractivity contribution < 1.29 is 0 Å². The zero-order valence-corrected chi connectivity index (χ0v) is 9.49. The Balaban J connectivity index is 2.34. The molecule has 1 atom stereocenters. The Hall–Kier alpha value is -1.49. The molecular formula is C13H16N2. The van der Waals surface area contributed by atoms with Crippen molar-refractivity contribution in [2.75, 3.05) is 11.4 Å². The van der Waals surface area contributed by atoms with E-state index in [1.165, 1.54) is 0 Å². The van der Waals surface area contributed by atoms with Gasteiger partial charge in [-0.25, -0.2) is 0 Å². The Morgan fingerprint density at radius 3 is 2.27 bits per heavy atom. The van der Waals surface area contributed by atoms with E-state index in [2.05, 4.69) is 36.9 Å². The first-order valence-corrected chi connectivity index (χ1v) is 5.25. The molecule has 0 N–H and O–H groups in total. The minimum atomic E-state index is -0.381. The standard InChI is InChI=1S/C13H16N2/c1-12(2)10-15(13(12,3)9-14)11-7-5-4-6-8-11/h4-8H,10H2,1-3H3. The number of nitriles is 1. The largest absolute Gasteiger partial charge is 0.352 e. The first kappa shape index (κ1) is 10.0. The molecule has 0 amide bonds.